The summed E-state index contributed by atoms with van der Waals surface area (Å²) in [4.78, 5) is 2.49. The third kappa shape index (κ3) is 5.91. The van der Waals surface area contributed by atoms with E-state index in [0.717, 1.165) is 5.33 Å². The van der Waals surface area contributed by atoms with Crippen molar-refractivity contribution in [3.05, 3.63) is 0 Å². The Morgan fingerprint density at radius 3 is 1.87 bits per heavy atom. The Bertz CT molecular complexity index is 141. The van der Waals surface area contributed by atoms with Gasteiger partial charge in [-0.15, -0.1) is 0 Å². The van der Waals surface area contributed by atoms with Gasteiger partial charge in [-0.05, 0) is 38.3 Å². The monoisotopic (exact) mass is 277 g/mol. The molecule has 0 rings (SSSR count). The minimum atomic E-state index is 0.507. The van der Waals surface area contributed by atoms with Gasteiger partial charge in [-0.2, -0.15) is 0 Å². The molecule has 0 spiro atoms. The SMILES string of the molecule is CCCN(C)CC(CBr)(CCC)CCC. The van der Waals surface area contributed by atoms with Crippen molar-refractivity contribution in [2.24, 2.45) is 5.41 Å². The summed E-state index contributed by atoms with van der Waals surface area (Å²) in [7, 11) is 2.26. The van der Waals surface area contributed by atoms with Crippen LogP contribution in [0.3, 0.4) is 0 Å². The average molecular weight is 278 g/mol. The van der Waals surface area contributed by atoms with Crippen LogP contribution in [0, 0.1) is 5.41 Å². The van der Waals surface area contributed by atoms with Gasteiger partial charge in [0.15, 0.2) is 0 Å². The van der Waals surface area contributed by atoms with Gasteiger partial charge in [-0.1, -0.05) is 49.5 Å². The first kappa shape index (κ1) is 15.4. The molecule has 0 saturated heterocycles. The Balaban J connectivity index is 4.31. The molecule has 0 radical (unpaired) electrons. The molecule has 0 amide bonds. The molecule has 0 aromatic carbocycles. The molecule has 0 fully saturated rings. The highest BCUT2D eigenvalue weighted by atomic mass is 79.9. The van der Waals surface area contributed by atoms with E-state index < -0.39 is 0 Å². The van der Waals surface area contributed by atoms with E-state index in [1.54, 1.807) is 0 Å². The summed E-state index contributed by atoms with van der Waals surface area (Å²) in [6.45, 7) is 9.32. The van der Waals surface area contributed by atoms with Gasteiger partial charge in [0.1, 0.15) is 0 Å². The first-order chi connectivity index (χ1) is 7.14. The standard InChI is InChI=1S/C13H28BrN/c1-5-8-13(11-14,9-6-2)12-15(4)10-7-3/h5-12H2,1-4H3. The fourth-order valence-corrected chi connectivity index (χ4v) is 3.29. The molecule has 0 bridgehead atoms. The van der Waals surface area contributed by atoms with Crippen LogP contribution in [0.4, 0.5) is 0 Å². The van der Waals surface area contributed by atoms with Crippen LogP contribution in [-0.2, 0) is 0 Å². The third-order valence-electron chi connectivity index (χ3n) is 3.05. The third-order valence-corrected chi connectivity index (χ3v) is 4.24. The second-order valence-corrected chi connectivity index (χ2v) is 5.43. The van der Waals surface area contributed by atoms with Gasteiger partial charge >= 0.3 is 0 Å². The number of alkyl halides is 1. The average Bonchev–Trinajstić information content (AvgIpc) is 2.18. The summed E-state index contributed by atoms with van der Waals surface area (Å²) in [5.74, 6) is 0. The predicted molar refractivity (Wildman–Crippen MR) is 73.8 cm³/mol. The highest BCUT2D eigenvalue weighted by Gasteiger charge is 2.28. The molecule has 0 saturated carbocycles. The van der Waals surface area contributed by atoms with Crippen molar-refractivity contribution in [2.75, 3.05) is 25.5 Å². The zero-order valence-corrected chi connectivity index (χ0v) is 12.6. The van der Waals surface area contributed by atoms with E-state index in [0.29, 0.717) is 5.41 Å². The molecule has 0 atom stereocenters. The van der Waals surface area contributed by atoms with Crippen molar-refractivity contribution >= 4 is 15.9 Å². The van der Waals surface area contributed by atoms with E-state index >= 15 is 0 Å². The lowest BCUT2D eigenvalue weighted by Gasteiger charge is -2.35. The maximum atomic E-state index is 3.73. The molecular weight excluding hydrogens is 250 g/mol. The second-order valence-electron chi connectivity index (χ2n) is 4.87. The maximum absolute atomic E-state index is 3.73. The van der Waals surface area contributed by atoms with Gasteiger partial charge in [-0.25, -0.2) is 0 Å². The lowest BCUT2D eigenvalue weighted by Crippen LogP contribution is -2.37. The van der Waals surface area contributed by atoms with Crippen LogP contribution in [-0.4, -0.2) is 30.4 Å². The van der Waals surface area contributed by atoms with E-state index in [1.807, 2.05) is 0 Å². The van der Waals surface area contributed by atoms with E-state index in [4.69, 9.17) is 0 Å². The molecule has 15 heavy (non-hydrogen) atoms. The summed E-state index contributed by atoms with van der Waals surface area (Å²) < 4.78 is 0. The summed E-state index contributed by atoms with van der Waals surface area (Å²) in [6, 6.07) is 0. The summed E-state index contributed by atoms with van der Waals surface area (Å²) >= 11 is 3.73. The van der Waals surface area contributed by atoms with Crippen molar-refractivity contribution in [1.29, 1.82) is 0 Å². The van der Waals surface area contributed by atoms with E-state index in [1.165, 1.54) is 45.2 Å². The number of nitrogens with zero attached hydrogens (tertiary/aromatic N) is 1. The molecule has 0 heterocycles. The maximum Gasteiger partial charge on any atom is 0.0100 e. The van der Waals surface area contributed by atoms with Crippen LogP contribution in [0.2, 0.25) is 0 Å². The Kier molecular flexibility index (Phi) is 8.83. The van der Waals surface area contributed by atoms with Crippen molar-refractivity contribution in [1.82, 2.24) is 4.90 Å². The number of rotatable bonds is 9. The van der Waals surface area contributed by atoms with Crippen molar-refractivity contribution in [3.63, 3.8) is 0 Å². The fourth-order valence-electron chi connectivity index (χ4n) is 2.55. The van der Waals surface area contributed by atoms with Crippen LogP contribution in [0.15, 0.2) is 0 Å². The number of hydrogen-bond donors (Lipinski definition) is 0. The van der Waals surface area contributed by atoms with Gasteiger partial charge in [0, 0.05) is 11.9 Å². The molecule has 2 heteroatoms. The normalized spacial score (nSPS) is 12.4. The largest absolute Gasteiger partial charge is 0.306 e. The Labute approximate surface area is 105 Å². The van der Waals surface area contributed by atoms with E-state index in [9.17, 15) is 0 Å². The second kappa shape index (κ2) is 8.58. The van der Waals surface area contributed by atoms with Gasteiger partial charge < -0.3 is 4.90 Å². The van der Waals surface area contributed by atoms with Gasteiger partial charge in [-0.3, -0.25) is 0 Å². The van der Waals surface area contributed by atoms with Crippen LogP contribution >= 0.6 is 15.9 Å². The van der Waals surface area contributed by atoms with Gasteiger partial charge in [0.2, 0.25) is 0 Å². The zero-order chi connectivity index (χ0) is 11.7. The molecule has 0 aromatic rings. The Morgan fingerprint density at radius 2 is 1.53 bits per heavy atom. The molecule has 0 aromatic heterocycles. The van der Waals surface area contributed by atoms with Crippen molar-refractivity contribution in [2.45, 2.75) is 52.9 Å². The number of halogens is 1. The molecule has 92 valence electrons. The zero-order valence-electron chi connectivity index (χ0n) is 11.0. The predicted octanol–water partition coefficient (Wildman–Crippen LogP) is 4.31. The van der Waals surface area contributed by atoms with Gasteiger partial charge in [0.25, 0.3) is 0 Å². The highest BCUT2D eigenvalue weighted by Crippen LogP contribution is 2.32. The minimum Gasteiger partial charge on any atom is -0.306 e. The van der Waals surface area contributed by atoms with Crippen LogP contribution in [0.5, 0.6) is 0 Å². The van der Waals surface area contributed by atoms with Crippen LogP contribution < -0.4 is 0 Å². The molecule has 0 aliphatic rings. The first-order valence-electron chi connectivity index (χ1n) is 6.38. The van der Waals surface area contributed by atoms with E-state index in [2.05, 4.69) is 48.6 Å². The van der Waals surface area contributed by atoms with Gasteiger partial charge in [0.05, 0.1) is 0 Å². The minimum absolute atomic E-state index is 0.507. The topological polar surface area (TPSA) is 3.24 Å². The van der Waals surface area contributed by atoms with E-state index in [-0.39, 0.29) is 0 Å². The van der Waals surface area contributed by atoms with Crippen LogP contribution in [0.1, 0.15) is 52.9 Å². The summed E-state index contributed by atoms with van der Waals surface area (Å²) in [5.41, 5.74) is 0.507. The molecular formula is C13H28BrN. The molecule has 0 aliphatic carbocycles. The lowest BCUT2D eigenvalue weighted by molar-refractivity contribution is 0.171. The lowest BCUT2D eigenvalue weighted by atomic mass is 9.81. The number of hydrogen-bond acceptors (Lipinski definition) is 1. The Hall–Kier alpha value is 0.440. The van der Waals surface area contributed by atoms with Crippen LogP contribution in [0.25, 0.3) is 0 Å². The Morgan fingerprint density at radius 1 is 1.00 bits per heavy atom. The molecule has 0 N–H and O–H groups in total. The molecule has 0 aliphatic heterocycles. The van der Waals surface area contributed by atoms with Crippen molar-refractivity contribution in [3.8, 4) is 0 Å². The molecule has 1 nitrogen and oxygen atoms in total. The summed E-state index contributed by atoms with van der Waals surface area (Å²) in [6.07, 6.45) is 6.55. The quantitative estimate of drug-likeness (QED) is 0.568. The van der Waals surface area contributed by atoms with Crippen molar-refractivity contribution < 1.29 is 0 Å². The fraction of sp³-hybridized carbons (Fsp3) is 1.00. The molecule has 0 unspecified atom stereocenters. The first-order valence-corrected chi connectivity index (χ1v) is 7.50. The highest BCUT2D eigenvalue weighted by molar-refractivity contribution is 9.09. The summed E-state index contributed by atoms with van der Waals surface area (Å²) in [5, 5.41) is 1.15. The smallest absolute Gasteiger partial charge is 0.0100 e.